The van der Waals surface area contributed by atoms with Gasteiger partial charge in [-0.1, -0.05) is 48.5 Å². The number of nitrogens with one attached hydrogen (secondary N) is 1. The Labute approximate surface area is 182 Å². The molecule has 1 fully saturated rings. The van der Waals surface area contributed by atoms with Crippen LogP contribution in [-0.2, 0) is 28.0 Å². The number of carbonyl (C=O) groups excluding carboxylic acids is 1. The summed E-state index contributed by atoms with van der Waals surface area (Å²) in [5.74, 6) is -0.0850. The van der Waals surface area contributed by atoms with E-state index in [9.17, 15) is 4.79 Å². The Morgan fingerprint density at radius 3 is 2.74 bits per heavy atom. The zero-order chi connectivity index (χ0) is 21.3. The Morgan fingerprint density at radius 1 is 1.13 bits per heavy atom. The number of hydrogen-bond acceptors (Lipinski definition) is 5. The summed E-state index contributed by atoms with van der Waals surface area (Å²) in [4.78, 5) is 23.8. The maximum Gasteiger partial charge on any atom is 0.249 e. The zero-order valence-corrected chi connectivity index (χ0v) is 17.6. The lowest BCUT2D eigenvalue weighted by Gasteiger charge is -2.24. The van der Waals surface area contributed by atoms with Gasteiger partial charge in [-0.15, -0.1) is 0 Å². The summed E-state index contributed by atoms with van der Waals surface area (Å²) in [5.41, 5.74) is 5.25. The molecule has 3 aromatic rings. The zero-order valence-electron chi connectivity index (χ0n) is 17.6. The topological polar surface area (TPSA) is 67.3 Å². The number of benzene rings is 2. The summed E-state index contributed by atoms with van der Waals surface area (Å²) in [5, 5.41) is 2.96. The largest absolute Gasteiger partial charge is 0.367 e. The van der Waals surface area contributed by atoms with Crippen molar-refractivity contribution in [1.82, 2.24) is 15.3 Å². The first-order chi connectivity index (χ1) is 15.1. The molecule has 3 heterocycles. The molecule has 2 aliphatic heterocycles. The van der Waals surface area contributed by atoms with Crippen LogP contribution in [0.4, 0.5) is 5.69 Å². The maximum absolute atomic E-state index is 12.8. The molecule has 2 atom stereocenters. The van der Waals surface area contributed by atoms with Gasteiger partial charge in [-0.05, 0) is 30.5 Å². The highest BCUT2D eigenvalue weighted by molar-refractivity contribution is 5.81. The van der Waals surface area contributed by atoms with Crippen molar-refractivity contribution < 1.29 is 9.53 Å². The maximum atomic E-state index is 12.8. The van der Waals surface area contributed by atoms with Gasteiger partial charge < -0.3 is 15.0 Å². The number of aromatic nitrogens is 2. The van der Waals surface area contributed by atoms with Crippen LogP contribution in [-0.4, -0.2) is 35.1 Å². The fourth-order valence-electron chi connectivity index (χ4n) is 4.68. The summed E-state index contributed by atoms with van der Waals surface area (Å²) in [6.07, 6.45) is 3.63. The van der Waals surface area contributed by atoms with E-state index in [2.05, 4.69) is 68.7 Å². The molecule has 0 unspecified atom stereocenters. The van der Waals surface area contributed by atoms with Gasteiger partial charge >= 0.3 is 0 Å². The highest BCUT2D eigenvalue weighted by atomic mass is 16.5. The molecule has 6 heteroatoms. The van der Waals surface area contributed by atoms with Crippen LogP contribution >= 0.6 is 0 Å². The van der Waals surface area contributed by atoms with E-state index in [0.29, 0.717) is 19.6 Å². The molecule has 0 bridgehead atoms. The number of hydrogen-bond donors (Lipinski definition) is 1. The van der Waals surface area contributed by atoms with Gasteiger partial charge in [0.25, 0.3) is 0 Å². The molecule has 6 nitrogen and oxygen atoms in total. The lowest BCUT2D eigenvalue weighted by Crippen LogP contribution is -2.37. The molecule has 1 aromatic heterocycles. The second kappa shape index (κ2) is 8.12. The predicted octanol–water partition coefficient (Wildman–Crippen LogP) is 3.15. The van der Waals surface area contributed by atoms with Crippen molar-refractivity contribution >= 4 is 11.6 Å². The van der Waals surface area contributed by atoms with Gasteiger partial charge in [0.2, 0.25) is 5.91 Å². The van der Waals surface area contributed by atoms with Crippen molar-refractivity contribution in [2.75, 3.05) is 18.1 Å². The minimum atomic E-state index is -0.455. The lowest BCUT2D eigenvalue weighted by molar-refractivity contribution is -0.130. The average Bonchev–Trinajstić information content (AvgIpc) is 3.36. The van der Waals surface area contributed by atoms with Crippen molar-refractivity contribution in [3.63, 3.8) is 0 Å². The number of fused-ring (bicyclic) bond motifs is 2. The lowest BCUT2D eigenvalue weighted by atomic mass is 9.80. The van der Waals surface area contributed by atoms with E-state index >= 15 is 0 Å². The van der Waals surface area contributed by atoms with E-state index in [1.54, 1.807) is 12.4 Å². The number of nitrogens with zero attached hydrogens (tertiary/aromatic N) is 3. The van der Waals surface area contributed by atoms with Crippen molar-refractivity contribution in [2.24, 2.45) is 0 Å². The quantitative estimate of drug-likeness (QED) is 0.695. The summed E-state index contributed by atoms with van der Waals surface area (Å²) in [6, 6.07) is 19.0. The van der Waals surface area contributed by atoms with Crippen LogP contribution in [0.25, 0.3) is 0 Å². The fraction of sp³-hybridized carbons (Fsp3) is 0.320. The molecular weight excluding hydrogens is 388 g/mol. The second-order valence-corrected chi connectivity index (χ2v) is 8.51. The number of para-hydroxylation sites is 1. The van der Waals surface area contributed by atoms with Crippen molar-refractivity contribution in [3.05, 3.63) is 89.5 Å². The number of amides is 1. The minimum absolute atomic E-state index is 0.0850. The normalized spacial score (nSPS) is 22.0. The molecule has 0 saturated carbocycles. The Balaban J connectivity index is 1.29. The minimum Gasteiger partial charge on any atom is -0.367 e. The van der Waals surface area contributed by atoms with Crippen LogP contribution in [0.5, 0.6) is 0 Å². The third kappa shape index (κ3) is 3.91. The molecule has 2 aliphatic rings. The molecule has 1 amide bonds. The van der Waals surface area contributed by atoms with Crippen molar-refractivity contribution in [2.45, 2.75) is 38.0 Å². The van der Waals surface area contributed by atoms with E-state index in [-0.39, 0.29) is 11.3 Å². The van der Waals surface area contributed by atoms with Crippen LogP contribution in [0.1, 0.15) is 28.9 Å². The molecule has 158 valence electrons. The van der Waals surface area contributed by atoms with Crippen molar-refractivity contribution in [3.8, 4) is 0 Å². The monoisotopic (exact) mass is 414 g/mol. The van der Waals surface area contributed by atoms with E-state index in [1.807, 2.05) is 13.0 Å². The van der Waals surface area contributed by atoms with Crippen LogP contribution in [0.2, 0.25) is 0 Å². The summed E-state index contributed by atoms with van der Waals surface area (Å²) in [7, 11) is 0. The summed E-state index contributed by atoms with van der Waals surface area (Å²) < 4.78 is 6.04. The van der Waals surface area contributed by atoms with E-state index in [1.165, 1.54) is 16.8 Å². The smallest absolute Gasteiger partial charge is 0.249 e. The predicted molar refractivity (Wildman–Crippen MR) is 119 cm³/mol. The number of ether oxygens (including phenoxy) is 1. The SMILES string of the molecule is Cc1cnc(CNC(=O)[C@H]2C[C@@]3(CO2)CN(Cc2ccccc2)c2ccccc23)cn1. The number of carbonyl (C=O) groups is 1. The van der Waals surface area contributed by atoms with Gasteiger partial charge in [0.15, 0.2) is 0 Å². The third-order valence-electron chi connectivity index (χ3n) is 6.23. The summed E-state index contributed by atoms with van der Waals surface area (Å²) in [6.45, 7) is 4.51. The van der Waals surface area contributed by atoms with Gasteiger partial charge in [-0.25, -0.2) is 0 Å². The molecule has 31 heavy (non-hydrogen) atoms. The standard InChI is InChI=1S/C25H26N4O2/c1-18-12-27-20(13-26-18)14-28-24(30)23-11-25(17-31-23)16-29(15-19-7-3-2-4-8-19)22-10-6-5-9-21(22)25/h2-10,12-13,23H,11,14-17H2,1H3,(H,28,30)/t23-,25+/m1/s1. The first-order valence-corrected chi connectivity index (χ1v) is 10.7. The molecular formula is C25H26N4O2. The van der Waals surface area contributed by atoms with E-state index < -0.39 is 6.10 Å². The summed E-state index contributed by atoms with van der Waals surface area (Å²) >= 11 is 0. The highest BCUT2D eigenvalue weighted by Crippen LogP contribution is 2.47. The van der Waals surface area contributed by atoms with Gasteiger partial charge in [-0.2, -0.15) is 0 Å². The molecule has 1 spiro atoms. The van der Waals surface area contributed by atoms with Crippen LogP contribution in [0.15, 0.2) is 67.0 Å². The second-order valence-electron chi connectivity index (χ2n) is 8.51. The average molecular weight is 415 g/mol. The Bertz CT molecular complexity index is 1070. The molecule has 5 rings (SSSR count). The van der Waals surface area contributed by atoms with E-state index in [0.717, 1.165) is 24.5 Å². The number of anilines is 1. The molecule has 1 saturated heterocycles. The van der Waals surface area contributed by atoms with Gasteiger partial charge in [0.05, 0.1) is 30.7 Å². The third-order valence-corrected chi connectivity index (χ3v) is 6.23. The first-order valence-electron chi connectivity index (χ1n) is 10.7. The highest BCUT2D eigenvalue weighted by Gasteiger charge is 2.50. The van der Waals surface area contributed by atoms with Gasteiger partial charge in [-0.3, -0.25) is 14.8 Å². The molecule has 0 aliphatic carbocycles. The Kier molecular flexibility index (Phi) is 5.16. The van der Waals surface area contributed by atoms with Crippen molar-refractivity contribution in [1.29, 1.82) is 0 Å². The van der Waals surface area contributed by atoms with Crippen LogP contribution < -0.4 is 10.2 Å². The number of rotatable bonds is 5. The molecule has 1 N–H and O–H groups in total. The fourth-order valence-corrected chi connectivity index (χ4v) is 4.68. The van der Waals surface area contributed by atoms with Crippen LogP contribution in [0.3, 0.4) is 0 Å². The molecule has 2 aromatic carbocycles. The van der Waals surface area contributed by atoms with Gasteiger partial charge in [0, 0.05) is 30.4 Å². The number of aryl methyl sites for hydroxylation is 1. The van der Waals surface area contributed by atoms with Crippen LogP contribution in [0, 0.1) is 6.92 Å². The first kappa shape index (κ1) is 19.7. The molecule has 0 radical (unpaired) electrons. The van der Waals surface area contributed by atoms with E-state index in [4.69, 9.17) is 4.74 Å². The Morgan fingerprint density at radius 2 is 1.94 bits per heavy atom. The van der Waals surface area contributed by atoms with Gasteiger partial charge in [0.1, 0.15) is 6.10 Å². The Hall–Kier alpha value is -3.25.